The van der Waals surface area contributed by atoms with Crippen molar-refractivity contribution >= 4 is 35.2 Å². The summed E-state index contributed by atoms with van der Waals surface area (Å²) >= 11 is 0. The van der Waals surface area contributed by atoms with Gasteiger partial charge in [0.2, 0.25) is 5.95 Å². The van der Waals surface area contributed by atoms with Gasteiger partial charge in [-0.2, -0.15) is 4.98 Å². The number of benzene rings is 2. The Labute approximate surface area is 173 Å². The molecule has 0 saturated heterocycles. The van der Waals surface area contributed by atoms with Crippen molar-refractivity contribution in [3.63, 3.8) is 0 Å². The van der Waals surface area contributed by atoms with E-state index in [0.29, 0.717) is 29.2 Å². The van der Waals surface area contributed by atoms with E-state index in [1.54, 1.807) is 16.7 Å². The van der Waals surface area contributed by atoms with Crippen LogP contribution in [0.15, 0.2) is 60.8 Å². The van der Waals surface area contributed by atoms with Gasteiger partial charge in [-0.05, 0) is 30.1 Å². The van der Waals surface area contributed by atoms with Crippen molar-refractivity contribution in [2.75, 3.05) is 5.32 Å². The van der Waals surface area contributed by atoms with Crippen LogP contribution in [0.25, 0.3) is 16.9 Å². The van der Waals surface area contributed by atoms with Gasteiger partial charge in [0.1, 0.15) is 5.82 Å². The van der Waals surface area contributed by atoms with Crippen molar-refractivity contribution in [1.29, 1.82) is 0 Å². The normalized spacial score (nSPS) is 10.9. The summed E-state index contributed by atoms with van der Waals surface area (Å²) < 4.78 is 1.79. The fourth-order valence-electron chi connectivity index (χ4n) is 3.45. The maximum Gasteiger partial charge on any atom is 0.489 e. The quantitative estimate of drug-likeness (QED) is 0.359. The van der Waals surface area contributed by atoms with Gasteiger partial charge >= 0.3 is 7.12 Å². The Kier molecular flexibility index (Phi) is 5.22. The molecule has 0 unspecified atom stereocenters. The highest BCUT2D eigenvalue weighted by Crippen LogP contribution is 2.23. The lowest BCUT2D eigenvalue weighted by molar-refractivity contribution is 0.100. The van der Waals surface area contributed by atoms with E-state index in [9.17, 15) is 14.8 Å². The maximum absolute atomic E-state index is 11.9. The van der Waals surface area contributed by atoms with E-state index >= 15 is 0 Å². The number of carbonyl (C=O) groups excluding carboxylic acids is 1. The lowest BCUT2D eigenvalue weighted by atomic mass is 9.78. The number of nitrogens with zero attached hydrogens (tertiary/aromatic N) is 3. The van der Waals surface area contributed by atoms with E-state index in [0.717, 1.165) is 16.8 Å². The van der Waals surface area contributed by atoms with E-state index in [-0.39, 0.29) is 5.56 Å². The summed E-state index contributed by atoms with van der Waals surface area (Å²) in [6, 6.07) is 16.8. The second kappa shape index (κ2) is 7.98. The minimum atomic E-state index is -1.59. The number of nitrogens with one attached hydrogen (secondary N) is 1. The molecule has 8 nitrogen and oxygen atoms in total. The van der Waals surface area contributed by atoms with Crippen LogP contribution in [-0.2, 0) is 6.54 Å². The molecule has 2 aromatic carbocycles. The van der Waals surface area contributed by atoms with Crippen LogP contribution in [0.1, 0.15) is 21.6 Å². The largest absolute Gasteiger partial charge is 0.489 e. The summed E-state index contributed by atoms with van der Waals surface area (Å²) in [6.07, 6.45) is 1.40. The Morgan fingerprint density at radius 1 is 1.17 bits per heavy atom. The second-order valence-corrected chi connectivity index (χ2v) is 6.91. The molecule has 0 radical (unpaired) electrons. The number of hydrogen-bond donors (Lipinski definition) is 4. The number of carbonyl (C=O) groups is 1. The summed E-state index contributed by atoms with van der Waals surface area (Å²) in [5.41, 5.74) is 8.64. The van der Waals surface area contributed by atoms with Gasteiger partial charge in [0.25, 0.3) is 5.91 Å². The smallest absolute Gasteiger partial charge is 0.423 e. The average molecular weight is 401 g/mol. The van der Waals surface area contributed by atoms with Crippen molar-refractivity contribution in [3.05, 3.63) is 77.6 Å². The number of amides is 1. The highest BCUT2D eigenvalue weighted by atomic mass is 16.4. The number of primary amides is 1. The third-order valence-corrected chi connectivity index (χ3v) is 4.89. The Balaban J connectivity index is 1.79. The van der Waals surface area contributed by atoms with Crippen LogP contribution >= 0.6 is 0 Å². The van der Waals surface area contributed by atoms with E-state index in [1.807, 2.05) is 49.4 Å². The van der Waals surface area contributed by atoms with E-state index in [2.05, 4.69) is 15.3 Å². The molecule has 2 aromatic heterocycles. The number of aryl methyl sites for hydroxylation is 1. The van der Waals surface area contributed by atoms with Crippen LogP contribution in [0.4, 0.5) is 5.82 Å². The minimum Gasteiger partial charge on any atom is -0.423 e. The zero-order valence-electron chi connectivity index (χ0n) is 16.3. The summed E-state index contributed by atoms with van der Waals surface area (Å²) in [5, 5.41) is 23.2. The second-order valence-electron chi connectivity index (χ2n) is 6.91. The third-order valence-electron chi connectivity index (χ3n) is 4.89. The molecule has 0 aliphatic carbocycles. The molecule has 0 spiro atoms. The summed E-state index contributed by atoms with van der Waals surface area (Å²) in [6.45, 7) is 2.33. The Morgan fingerprint density at radius 3 is 2.63 bits per heavy atom. The molecule has 0 aliphatic rings. The van der Waals surface area contributed by atoms with E-state index in [4.69, 9.17) is 5.73 Å². The van der Waals surface area contributed by atoms with Gasteiger partial charge in [-0.1, -0.05) is 42.5 Å². The van der Waals surface area contributed by atoms with Crippen LogP contribution in [0.2, 0.25) is 0 Å². The van der Waals surface area contributed by atoms with Gasteiger partial charge in [-0.25, -0.2) is 4.98 Å². The number of hydrogen-bond acceptors (Lipinski definition) is 6. The monoisotopic (exact) mass is 401 g/mol. The Bertz CT molecular complexity index is 1220. The molecule has 5 N–H and O–H groups in total. The Morgan fingerprint density at radius 2 is 1.93 bits per heavy atom. The zero-order valence-corrected chi connectivity index (χ0v) is 16.3. The Hall–Kier alpha value is -3.69. The molecule has 2 heterocycles. The van der Waals surface area contributed by atoms with Crippen molar-refractivity contribution in [2.24, 2.45) is 5.73 Å². The van der Waals surface area contributed by atoms with Crippen LogP contribution in [-0.4, -0.2) is 37.6 Å². The number of aromatic nitrogens is 3. The summed E-state index contributed by atoms with van der Waals surface area (Å²) in [4.78, 5) is 20.8. The number of rotatable bonds is 6. The van der Waals surface area contributed by atoms with E-state index < -0.39 is 13.0 Å². The average Bonchev–Trinajstić information content (AvgIpc) is 3.08. The molecule has 0 fully saturated rings. The fraction of sp³-hybridized carbons (Fsp3) is 0.0952. The predicted molar refractivity (Wildman–Crippen MR) is 116 cm³/mol. The van der Waals surface area contributed by atoms with Gasteiger partial charge < -0.3 is 21.1 Å². The van der Waals surface area contributed by atoms with Crippen molar-refractivity contribution < 1.29 is 14.8 Å². The van der Waals surface area contributed by atoms with Gasteiger partial charge in [0, 0.05) is 23.8 Å². The van der Waals surface area contributed by atoms with Gasteiger partial charge in [-0.15, -0.1) is 0 Å². The number of fused-ring (bicyclic) bond motifs is 1. The predicted octanol–water partition coefficient (Wildman–Crippen LogP) is 1.12. The van der Waals surface area contributed by atoms with Gasteiger partial charge in [-0.3, -0.25) is 9.36 Å². The van der Waals surface area contributed by atoms with Crippen LogP contribution < -0.4 is 16.5 Å². The minimum absolute atomic E-state index is 0.190. The molecule has 0 bridgehead atoms. The molecule has 4 rings (SSSR count). The van der Waals surface area contributed by atoms with E-state index in [1.165, 1.54) is 6.20 Å². The first kappa shape index (κ1) is 19.6. The van der Waals surface area contributed by atoms with Gasteiger partial charge in [0.05, 0.1) is 11.1 Å². The molecule has 30 heavy (non-hydrogen) atoms. The molecule has 150 valence electrons. The van der Waals surface area contributed by atoms with Crippen LogP contribution in [0, 0.1) is 6.92 Å². The highest BCUT2D eigenvalue weighted by molar-refractivity contribution is 6.61. The van der Waals surface area contributed by atoms with Crippen molar-refractivity contribution in [2.45, 2.75) is 13.5 Å². The lowest BCUT2D eigenvalue weighted by Crippen LogP contribution is -2.30. The van der Waals surface area contributed by atoms with Gasteiger partial charge in [0.15, 0.2) is 0 Å². The SMILES string of the molecule is Cc1cc2c(B(O)O)cccc2n1-c1ncc(C(N)=O)c(NCc2ccccc2)n1. The molecule has 1 amide bonds. The molecular formula is C21H20BN5O3. The number of anilines is 1. The first-order valence-electron chi connectivity index (χ1n) is 9.38. The van der Waals surface area contributed by atoms with Crippen molar-refractivity contribution in [3.8, 4) is 5.95 Å². The molecule has 0 aliphatic heterocycles. The molecular weight excluding hydrogens is 381 g/mol. The number of nitrogens with two attached hydrogens (primary N) is 1. The first-order valence-corrected chi connectivity index (χ1v) is 9.38. The molecule has 9 heteroatoms. The van der Waals surface area contributed by atoms with Crippen LogP contribution in [0.3, 0.4) is 0 Å². The highest BCUT2D eigenvalue weighted by Gasteiger charge is 2.20. The van der Waals surface area contributed by atoms with Crippen LogP contribution in [0.5, 0.6) is 0 Å². The van der Waals surface area contributed by atoms with Crippen molar-refractivity contribution in [1.82, 2.24) is 14.5 Å². The first-order chi connectivity index (χ1) is 14.5. The summed E-state index contributed by atoms with van der Waals surface area (Å²) in [5.74, 6) is 0.0421. The maximum atomic E-state index is 11.9. The molecule has 0 atom stereocenters. The fourth-order valence-corrected chi connectivity index (χ4v) is 3.45. The topological polar surface area (TPSA) is 126 Å². The molecule has 4 aromatic rings. The third kappa shape index (κ3) is 3.63. The molecule has 0 saturated carbocycles. The summed E-state index contributed by atoms with van der Waals surface area (Å²) in [7, 11) is -1.59. The lowest BCUT2D eigenvalue weighted by Gasteiger charge is -2.13. The zero-order chi connectivity index (χ0) is 21.3. The standard InChI is InChI=1S/C21H20BN5O3/c1-13-10-15-17(22(29)30)8-5-9-18(15)27(13)21-25-12-16(19(23)28)20(26-21)24-11-14-6-3-2-4-7-14/h2-10,12,29-30H,11H2,1H3,(H2,23,28)(H,24,25,26).